The Morgan fingerprint density at radius 2 is 2.07 bits per heavy atom. The topological polar surface area (TPSA) is 42.2 Å². The zero-order valence-corrected chi connectivity index (χ0v) is 8.91. The third kappa shape index (κ3) is 2.29. The lowest BCUT2D eigenvalue weighted by Gasteiger charge is -1.99. The number of Topliss-reactive ketones (excluding diaryl/α,β-unsaturated/α-hetero) is 1. The molecule has 0 aliphatic heterocycles. The molecule has 1 aromatic heterocycles. The molecule has 0 aromatic carbocycles. The van der Waals surface area contributed by atoms with Crippen molar-refractivity contribution in [3.05, 3.63) is 23.5 Å². The summed E-state index contributed by atoms with van der Waals surface area (Å²) in [6.45, 7) is 1.01. The lowest BCUT2D eigenvalue weighted by molar-refractivity contribution is 0.0982. The van der Waals surface area contributed by atoms with Crippen molar-refractivity contribution < 1.29 is 9.90 Å². The zero-order valence-electron chi connectivity index (χ0n) is 8.91. The normalized spacial score (nSPS) is 16.2. The van der Waals surface area contributed by atoms with Gasteiger partial charge in [-0.2, -0.15) is 0 Å². The van der Waals surface area contributed by atoms with E-state index in [9.17, 15) is 4.79 Å². The Bertz CT molecular complexity index is 355. The van der Waals surface area contributed by atoms with Crippen LogP contribution in [-0.4, -0.2) is 22.1 Å². The van der Waals surface area contributed by atoms with Crippen LogP contribution in [0.2, 0.25) is 0 Å². The fourth-order valence-corrected chi connectivity index (χ4v) is 2.12. The number of aliphatic hydroxyl groups is 1. The Kier molecular flexibility index (Phi) is 3.21. The molecule has 1 aliphatic carbocycles. The molecule has 0 bridgehead atoms. The molecule has 0 fully saturated rings. The van der Waals surface area contributed by atoms with E-state index in [1.165, 1.54) is 5.56 Å². The summed E-state index contributed by atoms with van der Waals surface area (Å²) in [4.78, 5) is 11.7. The summed E-state index contributed by atoms with van der Waals surface area (Å²) in [5.74, 6) is 0.283. The molecule has 0 saturated carbocycles. The van der Waals surface area contributed by atoms with E-state index in [1.54, 1.807) is 0 Å². The first-order valence-electron chi connectivity index (χ1n) is 5.64. The number of carbonyl (C=O) groups excluding carboxylic acids is 1. The van der Waals surface area contributed by atoms with Gasteiger partial charge in [0.05, 0.1) is 0 Å². The monoisotopic (exact) mass is 207 g/mol. The molecule has 15 heavy (non-hydrogen) atoms. The van der Waals surface area contributed by atoms with E-state index in [0.29, 0.717) is 6.42 Å². The summed E-state index contributed by atoms with van der Waals surface area (Å²) in [5, 5.41) is 8.75. The summed E-state index contributed by atoms with van der Waals surface area (Å²) in [7, 11) is 0. The fourth-order valence-electron chi connectivity index (χ4n) is 2.12. The number of fused-ring (bicyclic) bond motifs is 1. The van der Waals surface area contributed by atoms with Crippen LogP contribution in [-0.2, 0) is 13.0 Å². The van der Waals surface area contributed by atoms with Crippen LogP contribution in [0.25, 0.3) is 0 Å². The molecule has 0 atom stereocenters. The highest BCUT2D eigenvalue weighted by Gasteiger charge is 2.17. The van der Waals surface area contributed by atoms with Crippen LogP contribution in [0.3, 0.4) is 0 Å². The molecule has 1 heterocycles. The van der Waals surface area contributed by atoms with Crippen molar-refractivity contribution in [2.24, 2.45) is 0 Å². The predicted molar refractivity (Wildman–Crippen MR) is 58.0 cm³/mol. The molecule has 0 saturated heterocycles. The highest BCUT2D eigenvalue weighted by molar-refractivity contribution is 5.97. The second kappa shape index (κ2) is 4.62. The van der Waals surface area contributed by atoms with Gasteiger partial charge in [-0.3, -0.25) is 4.79 Å². The van der Waals surface area contributed by atoms with E-state index in [4.69, 9.17) is 5.11 Å². The molecule has 3 heteroatoms. The van der Waals surface area contributed by atoms with Crippen LogP contribution >= 0.6 is 0 Å². The van der Waals surface area contributed by atoms with Crippen LogP contribution in [0.15, 0.2) is 12.4 Å². The molecule has 82 valence electrons. The van der Waals surface area contributed by atoms with Gasteiger partial charge in [0.25, 0.3) is 0 Å². The Hall–Kier alpha value is -1.09. The van der Waals surface area contributed by atoms with Gasteiger partial charge in [-0.25, -0.2) is 0 Å². The minimum atomic E-state index is 0.205. The third-order valence-electron chi connectivity index (χ3n) is 2.94. The minimum absolute atomic E-state index is 0.205. The Balaban J connectivity index is 2.18. The van der Waals surface area contributed by atoms with Crippen molar-refractivity contribution in [1.29, 1.82) is 0 Å². The number of aromatic nitrogens is 1. The summed E-state index contributed by atoms with van der Waals surface area (Å²) < 4.78 is 2.03. The van der Waals surface area contributed by atoms with Gasteiger partial charge in [-0.1, -0.05) is 0 Å². The standard InChI is InChI=1S/C12H17NO2/c14-7-3-6-13-8-10-4-1-2-5-12(15)11(10)9-13/h8-9,14H,1-7H2. The summed E-state index contributed by atoms with van der Waals surface area (Å²) >= 11 is 0. The Morgan fingerprint density at radius 3 is 2.87 bits per heavy atom. The number of carbonyl (C=O) groups is 1. The predicted octanol–water partition coefficient (Wildman–Crippen LogP) is 1.78. The van der Waals surface area contributed by atoms with E-state index in [-0.39, 0.29) is 12.4 Å². The molecule has 1 aromatic rings. The number of aliphatic hydroxyl groups excluding tert-OH is 1. The van der Waals surface area contributed by atoms with Gasteiger partial charge >= 0.3 is 0 Å². The molecule has 0 radical (unpaired) electrons. The van der Waals surface area contributed by atoms with Crippen molar-refractivity contribution in [1.82, 2.24) is 4.57 Å². The van der Waals surface area contributed by atoms with Crippen LogP contribution in [0, 0.1) is 0 Å². The van der Waals surface area contributed by atoms with Gasteiger partial charge in [0.2, 0.25) is 0 Å². The van der Waals surface area contributed by atoms with Gasteiger partial charge in [0.1, 0.15) is 0 Å². The molecule has 1 N–H and O–H groups in total. The second-order valence-corrected chi connectivity index (χ2v) is 4.14. The summed E-state index contributed by atoms with van der Waals surface area (Å²) in [5.41, 5.74) is 2.10. The number of ketones is 1. The highest BCUT2D eigenvalue weighted by Crippen LogP contribution is 2.21. The second-order valence-electron chi connectivity index (χ2n) is 4.14. The lowest BCUT2D eigenvalue weighted by Crippen LogP contribution is -1.99. The quantitative estimate of drug-likeness (QED) is 0.768. The van der Waals surface area contributed by atoms with E-state index in [2.05, 4.69) is 6.20 Å². The van der Waals surface area contributed by atoms with E-state index >= 15 is 0 Å². The van der Waals surface area contributed by atoms with Crippen molar-refractivity contribution in [3.63, 3.8) is 0 Å². The third-order valence-corrected chi connectivity index (χ3v) is 2.94. The number of hydrogen-bond donors (Lipinski definition) is 1. The molecule has 0 unspecified atom stereocenters. The average molecular weight is 207 g/mol. The van der Waals surface area contributed by atoms with Gasteiger partial charge in [0.15, 0.2) is 5.78 Å². The summed E-state index contributed by atoms with van der Waals surface area (Å²) in [6, 6.07) is 0. The number of hydrogen-bond acceptors (Lipinski definition) is 2. The van der Waals surface area contributed by atoms with Crippen LogP contribution < -0.4 is 0 Å². The Labute approximate surface area is 89.7 Å². The molecular weight excluding hydrogens is 190 g/mol. The largest absolute Gasteiger partial charge is 0.396 e. The molecule has 2 rings (SSSR count). The molecule has 0 spiro atoms. The van der Waals surface area contributed by atoms with Crippen molar-refractivity contribution in [2.75, 3.05) is 6.61 Å². The fraction of sp³-hybridized carbons (Fsp3) is 0.583. The van der Waals surface area contributed by atoms with Crippen LogP contribution in [0.4, 0.5) is 0 Å². The molecule has 3 nitrogen and oxygen atoms in total. The van der Waals surface area contributed by atoms with Crippen LogP contribution in [0.1, 0.15) is 41.6 Å². The molecular formula is C12H17NO2. The van der Waals surface area contributed by atoms with Gasteiger partial charge < -0.3 is 9.67 Å². The van der Waals surface area contributed by atoms with Crippen LogP contribution in [0.5, 0.6) is 0 Å². The van der Waals surface area contributed by atoms with E-state index in [1.807, 2.05) is 10.8 Å². The molecule has 0 amide bonds. The van der Waals surface area contributed by atoms with Gasteiger partial charge in [-0.05, 0) is 31.2 Å². The van der Waals surface area contributed by atoms with Crippen molar-refractivity contribution >= 4 is 5.78 Å². The maximum absolute atomic E-state index is 11.7. The first-order valence-corrected chi connectivity index (χ1v) is 5.64. The van der Waals surface area contributed by atoms with Gasteiger partial charge in [0, 0.05) is 37.5 Å². The maximum Gasteiger partial charge on any atom is 0.164 e. The Morgan fingerprint density at radius 1 is 1.27 bits per heavy atom. The number of aryl methyl sites for hydroxylation is 2. The van der Waals surface area contributed by atoms with Gasteiger partial charge in [-0.15, -0.1) is 0 Å². The van der Waals surface area contributed by atoms with E-state index in [0.717, 1.165) is 37.8 Å². The maximum atomic E-state index is 11.7. The lowest BCUT2D eigenvalue weighted by atomic mass is 10.1. The highest BCUT2D eigenvalue weighted by atomic mass is 16.3. The number of rotatable bonds is 3. The van der Waals surface area contributed by atoms with Crippen molar-refractivity contribution in [2.45, 2.75) is 38.6 Å². The summed E-state index contributed by atoms with van der Waals surface area (Å²) in [6.07, 6.45) is 8.60. The first kappa shape index (κ1) is 10.4. The zero-order chi connectivity index (χ0) is 10.7. The SMILES string of the molecule is O=C1CCCCc2cn(CCCO)cc21. The van der Waals surface area contributed by atoms with E-state index < -0.39 is 0 Å². The molecule has 1 aliphatic rings. The smallest absolute Gasteiger partial charge is 0.164 e. The minimum Gasteiger partial charge on any atom is -0.396 e. The number of nitrogens with zero attached hydrogens (tertiary/aromatic N) is 1. The van der Waals surface area contributed by atoms with Crippen molar-refractivity contribution in [3.8, 4) is 0 Å². The average Bonchev–Trinajstić information content (AvgIpc) is 2.57. The first-order chi connectivity index (χ1) is 7.31.